The number of carbonyl (C=O) groups excluding carboxylic acids is 3. The molecule has 1 aromatic carbocycles. The fourth-order valence-electron chi connectivity index (χ4n) is 2.71. The molecule has 0 bridgehead atoms. The maximum absolute atomic E-state index is 11.6. The highest BCUT2D eigenvalue weighted by Gasteiger charge is 2.47. The van der Waals surface area contributed by atoms with Crippen LogP contribution in [0.2, 0.25) is 0 Å². The van der Waals surface area contributed by atoms with Gasteiger partial charge in [-0.15, -0.1) is 0 Å². The Morgan fingerprint density at radius 2 is 1.54 bits per heavy atom. The predicted molar refractivity (Wildman–Crippen MR) is 93.1 cm³/mol. The maximum atomic E-state index is 11.6. The summed E-state index contributed by atoms with van der Waals surface area (Å²) in [7, 11) is 0. The molecular weight excluding hydrogens is 376 g/mol. The number of anilines is 1. The number of carbonyl (C=O) groups is 3. The van der Waals surface area contributed by atoms with Crippen molar-refractivity contribution in [1.82, 2.24) is 0 Å². The van der Waals surface area contributed by atoms with E-state index in [9.17, 15) is 24.5 Å². The normalized spacial score (nSPS) is 24.0. The Morgan fingerprint density at radius 3 is 2.04 bits per heavy atom. The Kier molecular flexibility index (Phi) is 6.88. The molecule has 1 heterocycles. The predicted octanol–water partition coefficient (Wildman–Crippen LogP) is 1.16. The molecule has 0 amide bonds. The van der Waals surface area contributed by atoms with Crippen LogP contribution in [0.4, 0.5) is 11.4 Å². The first-order valence-corrected chi connectivity index (χ1v) is 8.31. The molecule has 1 saturated heterocycles. The Bertz CT molecular complexity index is 749. The Morgan fingerprint density at radius 1 is 1.00 bits per heavy atom. The summed E-state index contributed by atoms with van der Waals surface area (Å²) in [5, 5.41) is 13.7. The molecule has 1 aliphatic rings. The van der Waals surface area contributed by atoms with E-state index in [0.29, 0.717) is 5.69 Å². The van der Waals surface area contributed by atoms with E-state index in [2.05, 4.69) is 5.32 Å². The van der Waals surface area contributed by atoms with Gasteiger partial charge >= 0.3 is 17.9 Å². The zero-order valence-electron chi connectivity index (χ0n) is 15.4. The molecule has 1 N–H and O–H groups in total. The quantitative estimate of drug-likeness (QED) is 0.322. The molecule has 28 heavy (non-hydrogen) atoms. The third kappa shape index (κ3) is 5.64. The lowest BCUT2D eigenvalue weighted by Gasteiger charge is -2.40. The number of benzene rings is 1. The molecule has 2 rings (SSSR count). The average molecular weight is 396 g/mol. The van der Waals surface area contributed by atoms with Crippen molar-refractivity contribution >= 4 is 29.3 Å². The molecule has 0 aliphatic carbocycles. The monoisotopic (exact) mass is 396 g/mol. The Hall–Kier alpha value is -3.21. The summed E-state index contributed by atoms with van der Waals surface area (Å²) in [5.74, 6) is -1.94. The van der Waals surface area contributed by atoms with Crippen LogP contribution < -0.4 is 5.32 Å². The van der Waals surface area contributed by atoms with Gasteiger partial charge in [0.1, 0.15) is 0 Å². The van der Waals surface area contributed by atoms with Crippen LogP contribution in [-0.4, -0.2) is 54.0 Å². The Balaban J connectivity index is 2.25. The van der Waals surface area contributed by atoms with Crippen molar-refractivity contribution in [3.63, 3.8) is 0 Å². The molecule has 152 valence electrons. The van der Waals surface area contributed by atoms with Crippen LogP contribution in [0.5, 0.6) is 0 Å². The van der Waals surface area contributed by atoms with E-state index < -0.39 is 47.4 Å². The first-order chi connectivity index (χ1) is 13.2. The van der Waals surface area contributed by atoms with E-state index in [4.69, 9.17) is 18.9 Å². The number of esters is 3. The smallest absolute Gasteiger partial charge is 0.303 e. The third-order valence-corrected chi connectivity index (χ3v) is 3.74. The van der Waals surface area contributed by atoms with Crippen molar-refractivity contribution in [2.24, 2.45) is 0 Å². The number of non-ortho nitro benzene ring substituents is 1. The summed E-state index contributed by atoms with van der Waals surface area (Å²) in [6, 6.07) is 5.48. The lowest BCUT2D eigenvalue weighted by Crippen LogP contribution is -2.59. The highest BCUT2D eigenvalue weighted by Crippen LogP contribution is 2.26. The molecule has 0 spiro atoms. The van der Waals surface area contributed by atoms with Crippen molar-refractivity contribution in [3.05, 3.63) is 34.4 Å². The topological polar surface area (TPSA) is 143 Å². The lowest BCUT2D eigenvalue weighted by molar-refractivity contribution is -0.384. The second kappa shape index (κ2) is 9.13. The molecular formula is C17H20N2O9. The van der Waals surface area contributed by atoms with Gasteiger partial charge in [0.15, 0.2) is 24.5 Å². The van der Waals surface area contributed by atoms with E-state index in [-0.39, 0.29) is 12.3 Å². The van der Waals surface area contributed by atoms with E-state index in [1.807, 2.05) is 0 Å². The van der Waals surface area contributed by atoms with Crippen LogP contribution in [0.1, 0.15) is 20.8 Å². The fraction of sp³-hybridized carbons (Fsp3) is 0.471. The van der Waals surface area contributed by atoms with E-state index in [1.54, 1.807) is 0 Å². The number of hydrogen-bond acceptors (Lipinski definition) is 10. The second-order valence-electron chi connectivity index (χ2n) is 6.00. The number of ether oxygens (including phenoxy) is 4. The summed E-state index contributed by atoms with van der Waals surface area (Å²) in [6.45, 7) is 3.40. The number of rotatable bonds is 6. The molecule has 0 aromatic heterocycles. The molecule has 0 saturated carbocycles. The van der Waals surface area contributed by atoms with E-state index >= 15 is 0 Å². The first kappa shape index (κ1) is 21.1. The van der Waals surface area contributed by atoms with Gasteiger partial charge < -0.3 is 24.3 Å². The van der Waals surface area contributed by atoms with Gasteiger partial charge in [-0.3, -0.25) is 24.5 Å². The largest absolute Gasteiger partial charge is 0.456 e. The van der Waals surface area contributed by atoms with Gasteiger partial charge in [0, 0.05) is 38.6 Å². The van der Waals surface area contributed by atoms with Gasteiger partial charge in [0.25, 0.3) is 5.69 Å². The number of nitro groups is 1. The summed E-state index contributed by atoms with van der Waals surface area (Å²) in [4.78, 5) is 44.6. The van der Waals surface area contributed by atoms with Crippen LogP contribution in [0.3, 0.4) is 0 Å². The minimum absolute atomic E-state index is 0.0978. The number of nitro benzene ring substituents is 1. The molecule has 0 radical (unpaired) electrons. The number of nitrogens with one attached hydrogen (secondary N) is 1. The standard InChI is InChI=1S/C17H20N2O9/c1-9(20)26-14-8-25-17(16(28-11(3)22)15(14)27-10(2)21)18-12-4-6-13(7-5-12)19(23)24/h4-7,14-18H,8H2,1-3H3/t14-,15-,16-,17?/m1/s1. The van der Waals surface area contributed by atoms with Crippen LogP contribution in [0, 0.1) is 10.1 Å². The third-order valence-electron chi connectivity index (χ3n) is 3.74. The highest BCUT2D eigenvalue weighted by molar-refractivity contribution is 5.68. The molecule has 1 aliphatic heterocycles. The average Bonchev–Trinajstić information content (AvgIpc) is 2.59. The maximum Gasteiger partial charge on any atom is 0.303 e. The van der Waals surface area contributed by atoms with E-state index in [0.717, 1.165) is 0 Å². The molecule has 11 nitrogen and oxygen atoms in total. The molecule has 1 aromatic rings. The van der Waals surface area contributed by atoms with Crippen molar-refractivity contribution in [3.8, 4) is 0 Å². The van der Waals surface area contributed by atoms with Crippen LogP contribution in [-0.2, 0) is 33.3 Å². The zero-order valence-corrected chi connectivity index (χ0v) is 15.4. The summed E-state index contributed by atoms with van der Waals surface area (Å²) >= 11 is 0. The first-order valence-electron chi connectivity index (χ1n) is 8.31. The van der Waals surface area contributed by atoms with Crippen molar-refractivity contribution in [1.29, 1.82) is 0 Å². The summed E-state index contributed by atoms with van der Waals surface area (Å²) in [6.07, 6.45) is -4.16. The fourth-order valence-corrected chi connectivity index (χ4v) is 2.71. The molecule has 1 fully saturated rings. The zero-order chi connectivity index (χ0) is 20.8. The lowest BCUT2D eigenvalue weighted by atomic mass is 10.0. The van der Waals surface area contributed by atoms with Crippen molar-refractivity contribution < 1.29 is 38.3 Å². The molecule has 1 unspecified atom stereocenters. The SMILES string of the molecule is CC(=O)O[C@@H]1[C@H](OC(C)=O)COC(Nc2ccc([N+](=O)[O-])cc2)[C@@H]1OC(C)=O. The van der Waals surface area contributed by atoms with Crippen LogP contribution >= 0.6 is 0 Å². The summed E-state index contributed by atoms with van der Waals surface area (Å²) < 4.78 is 21.2. The van der Waals surface area contributed by atoms with Crippen LogP contribution in [0.25, 0.3) is 0 Å². The summed E-state index contributed by atoms with van der Waals surface area (Å²) in [5.41, 5.74) is 0.347. The minimum Gasteiger partial charge on any atom is -0.456 e. The second-order valence-corrected chi connectivity index (χ2v) is 6.00. The minimum atomic E-state index is -1.13. The van der Waals surface area contributed by atoms with Gasteiger partial charge in [0.2, 0.25) is 0 Å². The van der Waals surface area contributed by atoms with Gasteiger partial charge in [-0.1, -0.05) is 0 Å². The number of nitrogens with zero attached hydrogens (tertiary/aromatic N) is 1. The highest BCUT2D eigenvalue weighted by atomic mass is 16.6. The van der Waals surface area contributed by atoms with Crippen LogP contribution in [0.15, 0.2) is 24.3 Å². The van der Waals surface area contributed by atoms with Gasteiger partial charge in [0.05, 0.1) is 11.5 Å². The van der Waals surface area contributed by atoms with Gasteiger partial charge in [-0.05, 0) is 12.1 Å². The van der Waals surface area contributed by atoms with Crippen molar-refractivity contribution in [2.45, 2.75) is 45.3 Å². The van der Waals surface area contributed by atoms with Gasteiger partial charge in [-0.25, -0.2) is 0 Å². The number of hydrogen-bond donors (Lipinski definition) is 1. The Labute approximate surface area is 160 Å². The van der Waals surface area contributed by atoms with Gasteiger partial charge in [-0.2, -0.15) is 0 Å². The molecule has 4 atom stereocenters. The van der Waals surface area contributed by atoms with Crippen molar-refractivity contribution in [2.75, 3.05) is 11.9 Å². The van der Waals surface area contributed by atoms with E-state index in [1.165, 1.54) is 45.0 Å². The molecule has 11 heteroatoms.